The van der Waals surface area contributed by atoms with Crippen molar-refractivity contribution < 1.29 is 14.2 Å². The first-order valence-electron chi connectivity index (χ1n) is 7.25. The van der Waals surface area contributed by atoms with Gasteiger partial charge in [0.25, 0.3) is 0 Å². The minimum atomic E-state index is 0.664. The Morgan fingerprint density at radius 3 is 2.05 bits per heavy atom. The van der Waals surface area contributed by atoms with Gasteiger partial charge in [0.15, 0.2) is 11.5 Å². The Labute approximate surface area is 126 Å². The van der Waals surface area contributed by atoms with Gasteiger partial charge in [0.05, 0.1) is 20.3 Å². The Bertz CT molecular complexity index is 534. The first-order chi connectivity index (χ1) is 10.3. The Morgan fingerprint density at radius 2 is 1.38 bits per heavy atom. The molecule has 2 rings (SSSR count). The summed E-state index contributed by atoms with van der Waals surface area (Å²) < 4.78 is 16.6. The molecule has 0 spiro atoms. The molecule has 2 aromatic rings. The van der Waals surface area contributed by atoms with Crippen LogP contribution < -0.4 is 14.2 Å². The highest BCUT2D eigenvalue weighted by Crippen LogP contribution is 2.25. The highest BCUT2D eigenvalue weighted by molar-refractivity contribution is 5.39. The van der Waals surface area contributed by atoms with E-state index in [4.69, 9.17) is 14.2 Å². The van der Waals surface area contributed by atoms with E-state index in [0.717, 1.165) is 30.1 Å². The molecule has 0 amide bonds. The van der Waals surface area contributed by atoms with Crippen molar-refractivity contribution in [2.45, 2.75) is 19.8 Å². The van der Waals surface area contributed by atoms with Gasteiger partial charge in [0.2, 0.25) is 0 Å². The van der Waals surface area contributed by atoms with Crippen LogP contribution in [0.3, 0.4) is 0 Å². The largest absolute Gasteiger partial charge is 0.494 e. The van der Waals surface area contributed by atoms with Crippen LogP contribution in [0.25, 0.3) is 0 Å². The van der Waals surface area contributed by atoms with Crippen molar-refractivity contribution in [2.75, 3.05) is 20.3 Å². The standard InChI is InChI=1S/C18H22O3/c1-15-9-11-16(12-10-15)20-13-5-6-14-21-18-8-4-3-7-17(18)19-2/h3-4,7-12H,5-6,13-14H2,1-2H3. The first kappa shape index (κ1) is 15.2. The SMILES string of the molecule is COc1ccccc1OCCCCOc1ccc(C)cc1. The molecular weight excluding hydrogens is 264 g/mol. The third-order valence-electron chi connectivity index (χ3n) is 3.16. The number of para-hydroxylation sites is 2. The number of ether oxygens (including phenoxy) is 3. The molecule has 112 valence electrons. The van der Waals surface area contributed by atoms with Gasteiger partial charge in [0.1, 0.15) is 5.75 Å². The lowest BCUT2D eigenvalue weighted by Crippen LogP contribution is -2.03. The fourth-order valence-corrected chi connectivity index (χ4v) is 1.95. The highest BCUT2D eigenvalue weighted by atomic mass is 16.5. The number of methoxy groups -OCH3 is 1. The maximum atomic E-state index is 5.72. The monoisotopic (exact) mass is 286 g/mol. The molecule has 0 unspecified atom stereocenters. The summed E-state index contributed by atoms with van der Waals surface area (Å²) in [4.78, 5) is 0. The molecule has 0 bridgehead atoms. The maximum absolute atomic E-state index is 5.72. The van der Waals surface area contributed by atoms with Crippen LogP contribution in [0.5, 0.6) is 17.2 Å². The average Bonchev–Trinajstić information content (AvgIpc) is 2.53. The van der Waals surface area contributed by atoms with Crippen molar-refractivity contribution in [1.82, 2.24) is 0 Å². The average molecular weight is 286 g/mol. The van der Waals surface area contributed by atoms with Gasteiger partial charge in [-0.2, -0.15) is 0 Å². The molecule has 0 fully saturated rings. The molecule has 0 saturated carbocycles. The molecule has 0 aromatic heterocycles. The van der Waals surface area contributed by atoms with Crippen LogP contribution in [0.4, 0.5) is 0 Å². The minimum Gasteiger partial charge on any atom is -0.494 e. The minimum absolute atomic E-state index is 0.664. The maximum Gasteiger partial charge on any atom is 0.161 e. The lowest BCUT2D eigenvalue weighted by molar-refractivity contribution is 0.258. The zero-order valence-corrected chi connectivity index (χ0v) is 12.7. The van der Waals surface area contributed by atoms with E-state index in [-0.39, 0.29) is 0 Å². The zero-order valence-electron chi connectivity index (χ0n) is 12.7. The van der Waals surface area contributed by atoms with E-state index in [0.29, 0.717) is 13.2 Å². The summed E-state index contributed by atoms with van der Waals surface area (Å²) >= 11 is 0. The Kier molecular flexibility index (Phi) is 5.95. The quantitative estimate of drug-likeness (QED) is 0.679. The van der Waals surface area contributed by atoms with Gasteiger partial charge in [-0.1, -0.05) is 29.8 Å². The molecule has 3 heteroatoms. The smallest absolute Gasteiger partial charge is 0.161 e. The Morgan fingerprint density at radius 1 is 0.762 bits per heavy atom. The molecule has 0 N–H and O–H groups in total. The summed E-state index contributed by atoms with van der Waals surface area (Å²) in [6.07, 6.45) is 1.91. The Balaban J connectivity index is 1.63. The molecule has 0 aliphatic rings. The lowest BCUT2D eigenvalue weighted by Gasteiger charge is -2.10. The van der Waals surface area contributed by atoms with Crippen LogP contribution in [-0.4, -0.2) is 20.3 Å². The zero-order chi connectivity index (χ0) is 14.9. The van der Waals surface area contributed by atoms with E-state index in [2.05, 4.69) is 19.1 Å². The number of hydrogen-bond acceptors (Lipinski definition) is 3. The van der Waals surface area contributed by atoms with E-state index < -0.39 is 0 Å². The van der Waals surface area contributed by atoms with Gasteiger partial charge in [-0.15, -0.1) is 0 Å². The van der Waals surface area contributed by atoms with Crippen molar-refractivity contribution >= 4 is 0 Å². The number of aryl methyl sites for hydroxylation is 1. The first-order valence-corrected chi connectivity index (χ1v) is 7.25. The summed E-state index contributed by atoms with van der Waals surface area (Å²) in [7, 11) is 1.65. The highest BCUT2D eigenvalue weighted by Gasteiger charge is 2.01. The van der Waals surface area contributed by atoms with Gasteiger partial charge in [-0.25, -0.2) is 0 Å². The second-order valence-corrected chi connectivity index (χ2v) is 4.87. The van der Waals surface area contributed by atoms with Crippen molar-refractivity contribution in [3.05, 3.63) is 54.1 Å². The normalized spacial score (nSPS) is 10.2. The van der Waals surface area contributed by atoms with Crippen LogP contribution in [0.1, 0.15) is 18.4 Å². The number of unbranched alkanes of at least 4 members (excludes halogenated alkanes) is 1. The fraction of sp³-hybridized carbons (Fsp3) is 0.333. The molecule has 0 aliphatic carbocycles. The van der Waals surface area contributed by atoms with Crippen LogP contribution in [0.15, 0.2) is 48.5 Å². The summed E-state index contributed by atoms with van der Waals surface area (Å²) in [6.45, 7) is 3.44. The van der Waals surface area contributed by atoms with E-state index in [1.54, 1.807) is 7.11 Å². The van der Waals surface area contributed by atoms with E-state index in [1.165, 1.54) is 5.56 Å². The topological polar surface area (TPSA) is 27.7 Å². The molecule has 0 saturated heterocycles. The predicted molar refractivity (Wildman–Crippen MR) is 84.4 cm³/mol. The van der Waals surface area contributed by atoms with Crippen LogP contribution in [-0.2, 0) is 0 Å². The van der Waals surface area contributed by atoms with Crippen molar-refractivity contribution in [3.8, 4) is 17.2 Å². The second kappa shape index (κ2) is 8.20. The van der Waals surface area contributed by atoms with Gasteiger partial charge in [-0.05, 0) is 44.0 Å². The van der Waals surface area contributed by atoms with E-state index in [9.17, 15) is 0 Å². The van der Waals surface area contributed by atoms with Crippen LogP contribution in [0, 0.1) is 6.92 Å². The summed E-state index contributed by atoms with van der Waals surface area (Å²) in [6, 6.07) is 15.8. The third kappa shape index (κ3) is 5.03. The van der Waals surface area contributed by atoms with E-state index in [1.807, 2.05) is 36.4 Å². The van der Waals surface area contributed by atoms with Crippen molar-refractivity contribution in [1.29, 1.82) is 0 Å². The number of benzene rings is 2. The predicted octanol–water partition coefficient (Wildman–Crippen LogP) is 4.24. The lowest BCUT2D eigenvalue weighted by atomic mass is 10.2. The Hall–Kier alpha value is -2.16. The van der Waals surface area contributed by atoms with Gasteiger partial charge >= 0.3 is 0 Å². The van der Waals surface area contributed by atoms with Gasteiger partial charge in [-0.3, -0.25) is 0 Å². The van der Waals surface area contributed by atoms with Crippen LogP contribution in [0.2, 0.25) is 0 Å². The van der Waals surface area contributed by atoms with Gasteiger partial charge < -0.3 is 14.2 Å². The summed E-state index contributed by atoms with van der Waals surface area (Å²) in [5.74, 6) is 2.49. The molecule has 2 aromatic carbocycles. The molecule has 0 atom stereocenters. The molecular formula is C18H22O3. The number of hydrogen-bond donors (Lipinski definition) is 0. The van der Waals surface area contributed by atoms with Crippen LogP contribution >= 0.6 is 0 Å². The van der Waals surface area contributed by atoms with Crippen molar-refractivity contribution in [2.24, 2.45) is 0 Å². The summed E-state index contributed by atoms with van der Waals surface area (Å²) in [5, 5.41) is 0. The summed E-state index contributed by atoms with van der Waals surface area (Å²) in [5.41, 5.74) is 1.24. The molecule has 0 aliphatic heterocycles. The molecule has 3 nitrogen and oxygen atoms in total. The van der Waals surface area contributed by atoms with Crippen molar-refractivity contribution in [3.63, 3.8) is 0 Å². The fourth-order valence-electron chi connectivity index (χ4n) is 1.95. The molecule has 0 radical (unpaired) electrons. The molecule has 0 heterocycles. The second-order valence-electron chi connectivity index (χ2n) is 4.87. The number of rotatable bonds is 8. The van der Waals surface area contributed by atoms with Gasteiger partial charge in [0, 0.05) is 0 Å². The van der Waals surface area contributed by atoms with E-state index >= 15 is 0 Å². The molecule has 21 heavy (non-hydrogen) atoms. The third-order valence-corrected chi connectivity index (χ3v) is 3.16.